The van der Waals surface area contributed by atoms with E-state index in [4.69, 9.17) is 17.0 Å². The van der Waals surface area contributed by atoms with Gasteiger partial charge in [0.25, 0.3) is 0 Å². The van der Waals surface area contributed by atoms with Crippen LogP contribution in [0, 0.1) is 0 Å². The fraction of sp³-hybridized carbons (Fsp3) is 0.400. The van der Waals surface area contributed by atoms with E-state index in [2.05, 4.69) is 47.5 Å². The molecule has 0 atom stereocenters. The van der Waals surface area contributed by atoms with E-state index in [9.17, 15) is 0 Å². The van der Waals surface area contributed by atoms with Crippen LogP contribution in [0.25, 0.3) is 0 Å². The predicted octanol–water partition coefficient (Wildman–Crippen LogP) is 2.93. The Bertz CT molecular complexity index is 390. The highest BCUT2D eigenvalue weighted by Gasteiger charge is 2.03. The third-order valence-electron chi connectivity index (χ3n) is 1.85. The van der Waals surface area contributed by atoms with Gasteiger partial charge in [-0.05, 0) is 56.6 Å². The third-order valence-corrected chi connectivity index (χ3v) is 3.14. The molecule has 0 bridgehead atoms. The van der Waals surface area contributed by atoms with Crippen LogP contribution in [0.2, 0.25) is 0 Å². The Morgan fingerprint density at radius 2 is 2.29 bits per heavy atom. The van der Waals surface area contributed by atoms with Gasteiger partial charge in [-0.1, -0.05) is 0 Å². The van der Waals surface area contributed by atoms with Crippen LogP contribution in [-0.4, -0.2) is 30.4 Å². The molecule has 0 aliphatic rings. The van der Waals surface area contributed by atoms with Crippen LogP contribution in [0.15, 0.2) is 21.2 Å². The minimum atomic E-state index is 0.552. The second-order valence-electron chi connectivity index (χ2n) is 3.21. The number of nitrogens with one attached hydrogen (secondary N) is 2. The molecule has 0 radical (unpaired) electrons. The zero-order valence-corrected chi connectivity index (χ0v) is 13.3. The number of nitrogens with zero attached hydrogens (tertiary/aromatic N) is 1. The van der Waals surface area contributed by atoms with Gasteiger partial charge in [-0.15, -0.1) is 0 Å². The molecule has 0 spiro atoms. The lowest BCUT2D eigenvalue weighted by atomic mass is 10.4. The van der Waals surface area contributed by atoms with E-state index in [0.29, 0.717) is 10.9 Å². The summed E-state index contributed by atoms with van der Waals surface area (Å²) in [4.78, 5) is 4.21. The number of hydrogen-bond acceptors (Lipinski definition) is 3. The molecule has 0 fully saturated rings. The highest BCUT2D eigenvalue weighted by Crippen LogP contribution is 2.23. The molecule has 94 valence electrons. The molecule has 2 N–H and O–H groups in total. The largest absolute Gasteiger partial charge is 0.385 e. The number of aromatic nitrogens is 1. The zero-order chi connectivity index (χ0) is 12.7. The smallest absolute Gasteiger partial charge is 0.171 e. The van der Waals surface area contributed by atoms with Gasteiger partial charge in [0.05, 0.1) is 4.47 Å². The quantitative estimate of drug-likeness (QED) is 0.605. The molecule has 0 aliphatic carbocycles. The number of anilines is 1. The lowest BCUT2D eigenvalue weighted by molar-refractivity contribution is 0.196. The summed E-state index contributed by atoms with van der Waals surface area (Å²) in [7, 11) is 1.68. The van der Waals surface area contributed by atoms with Crippen LogP contribution in [-0.2, 0) is 4.74 Å². The average molecular weight is 383 g/mol. The summed E-state index contributed by atoms with van der Waals surface area (Å²) < 4.78 is 6.71. The van der Waals surface area contributed by atoms with Crippen LogP contribution < -0.4 is 10.6 Å². The molecule has 0 aliphatic heterocycles. The van der Waals surface area contributed by atoms with Gasteiger partial charge >= 0.3 is 0 Å². The third kappa shape index (κ3) is 5.76. The molecule has 1 aromatic heterocycles. The Morgan fingerprint density at radius 1 is 1.53 bits per heavy atom. The van der Waals surface area contributed by atoms with Crippen LogP contribution in [0.4, 0.5) is 5.82 Å². The van der Waals surface area contributed by atoms with E-state index in [1.165, 1.54) is 0 Å². The van der Waals surface area contributed by atoms with Gasteiger partial charge in [0.2, 0.25) is 0 Å². The molecule has 0 saturated carbocycles. The summed E-state index contributed by atoms with van der Waals surface area (Å²) in [5.74, 6) is 0.692. The monoisotopic (exact) mass is 381 g/mol. The van der Waals surface area contributed by atoms with Crippen molar-refractivity contribution in [2.45, 2.75) is 6.42 Å². The van der Waals surface area contributed by atoms with Gasteiger partial charge in [-0.3, -0.25) is 0 Å². The molecular formula is C10H13Br2N3OS. The summed E-state index contributed by atoms with van der Waals surface area (Å²) >= 11 is 11.9. The predicted molar refractivity (Wildman–Crippen MR) is 80.4 cm³/mol. The summed E-state index contributed by atoms with van der Waals surface area (Å²) in [5, 5.41) is 6.64. The molecule has 7 heteroatoms. The van der Waals surface area contributed by atoms with E-state index in [-0.39, 0.29) is 0 Å². The lowest BCUT2D eigenvalue weighted by Crippen LogP contribution is -2.30. The summed E-state index contributed by atoms with van der Waals surface area (Å²) in [6.45, 7) is 1.49. The molecule has 17 heavy (non-hydrogen) atoms. The molecule has 1 heterocycles. The van der Waals surface area contributed by atoms with E-state index in [1.54, 1.807) is 13.3 Å². The van der Waals surface area contributed by atoms with Crippen molar-refractivity contribution in [2.24, 2.45) is 0 Å². The van der Waals surface area contributed by atoms with Gasteiger partial charge < -0.3 is 15.4 Å². The second-order valence-corrected chi connectivity index (χ2v) is 5.39. The van der Waals surface area contributed by atoms with Crippen molar-refractivity contribution >= 4 is 55.0 Å². The topological polar surface area (TPSA) is 46.2 Å². The van der Waals surface area contributed by atoms with Crippen LogP contribution >= 0.6 is 44.1 Å². The Kier molecular flexibility index (Phi) is 6.94. The van der Waals surface area contributed by atoms with Crippen LogP contribution in [0.5, 0.6) is 0 Å². The maximum Gasteiger partial charge on any atom is 0.171 e. The number of halogens is 2. The molecule has 0 amide bonds. The first-order valence-corrected chi connectivity index (χ1v) is 6.97. The van der Waals surface area contributed by atoms with E-state index in [1.807, 2.05) is 6.07 Å². The molecule has 4 nitrogen and oxygen atoms in total. The Morgan fingerprint density at radius 3 is 2.94 bits per heavy atom. The van der Waals surface area contributed by atoms with Gasteiger partial charge in [-0.25, -0.2) is 4.98 Å². The van der Waals surface area contributed by atoms with Crippen molar-refractivity contribution < 1.29 is 4.74 Å². The minimum absolute atomic E-state index is 0.552. The number of ether oxygens (including phenoxy) is 1. The average Bonchev–Trinajstić information content (AvgIpc) is 2.28. The Hall–Kier alpha value is -0.240. The second kappa shape index (κ2) is 7.97. The van der Waals surface area contributed by atoms with Crippen molar-refractivity contribution in [1.82, 2.24) is 10.3 Å². The molecule has 0 unspecified atom stereocenters. The fourth-order valence-corrected chi connectivity index (χ4v) is 2.36. The first-order valence-electron chi connectivity index (χ1n) is 4.98. The van der Waals surface area contributed by atoms with Crippen molar-refractivity contribution in [3.63, 3.8) is 0 Å². The Balaban J connectivity index is 2.40. The van der Waals surface area contributed by atoms with Crippen molar-refractivity contribution in [3.8, 4) is 0 Å². The normalized spacial score (nSPS) is 10.1. The van der Waals surface area contributed by atoms with Crippen LogP contribution in [0.3, 0.4) is 0 Å². The zero-order valence-electron chi connectivity index (χ0n) is 9.30. The summed E-state index contributed by atoms with van der Waals surface area (Å²) in [6.07, 6.45) is 2.62. The van der Waals surface area contributed by atoms with Gasteiger partial charge in [0.15, 0.2) is 5.11 Å². The van der Waals surface area contributed by atoms with Gasteiger partial charge in [0.1, 0.15) is 5.82 Å². The SMILES string of the molecule is COCCCNC(=S)Nc1ncc(Br)cc1Br. The van der Waals surface area contributed by atoms with E-state index in [0.717, 1.165) is 28.5 Å². The van der Waals surface area contributed by atoms with Gasteiger partial charge in [-0.2, -0.15) is 0 Å². The highest BCUT2D eigenvalue weighted by molar-refractivity contribution is 9.11. The first kappa shape index (κ1) is 14.8. The maximum absolute atomic E-state index is 5.14. The number of hydrogen-bond donors (Lipinski definition) is 2. The molecule has 0 saturated heterocycles. The van der Waals surface area contributed by atoms with Crippen LogP contribution in [0.1, 0.15) is 6.42 Å². The summed E-state index contributed by atoms with van der Waals surface area (Å²) in [6, 6.07) is 1.91. The molecule has 0 aromatic carbocycles. The Labute approximate surface area is 123 Å². The van der Waals surface area contributed by atoms with Crippen molar-refractivity contribution in [3.05, 3.63) is 21.2 Å². The first-order chi connectivity index (χ1) is 8.13. The highest BCUT2D eigenvalue weighted by atomic mass is 79.9. The number of rotatable bonds is 5. The van der Waals surface area contributed by atoms with E-state index < -0.39 is 0 Å². The summed E-state index contributed by atoms with van der Waals surface area (Å²) in [5.41, 5.74) is 0. The maximum atomic E-state index is 5.14. The van der Waals surface area contributed by atoms with Crippen molar-refractivity contribution in [1.29, 1.82) is 0 Å². The van der Waals surface area contributed by atoms with Crippen molar-refractivity contribution in [2.75, 3.05) is 25.6 Å². The lowest BCUT2D eigenvalue weighted by Gasteiger charge is -2.10. The molecule has 1 aromatic rings. The van der Waals surface area contributed by atoms with E-state index >= 15 is 0 Å². The minimum Gasteiger partial charge on any atom is -0.385 e. The number of pyridine rings is 1. The van der Waals surface area contributed by atoms with Gasteiger partial charge in [0, 0.05) is 30.9 Å². The number of methoxy groups -OCH3 is 1. The molecular weight excluding hydrogens is 370 g/mol. The standard InChI is InChI=1S/C10H13Br2N3OS/c1-16-4-2-3-13-10(17)15-9-8(12)5-7(11)6-14-9/h5-6H,2-4H2,1H3,(H2,13,14,15,17). The number of thiocarbonyl (C=S) groups is 1. The fourth-order valence-electron chi connectivity index (χ4n) is 1.08. The molecule has 1 rings (SSSR count).